The number of aliphatic hydroxyl groups excluding tert-OH is 1. The Balaban J connectivity index is 2.77. The zero-order chi connectivity index (χ0) is 8.81. The van der Waals surface area contributed by atoms with Gasteiger partial charge in [0, 0.05) is 16.9 Å². The van der Waals surface area contributed by atoms with Gasteiger partial charge in [0.2, 0.25) is 0 Å². The van der Waals surface area contributed by atoms with Gasteiger partial charge in [-0.25, -0.2) is 0 Å². The fourth-order valence-electron chi connectivity index (χ4n) is 0.793. The van der Waals surface area contributed by atoms with Gasteiger partial charge in [-0.2, -0.15) is 0 Å². The average molecular weight is 178 g/mol. The van der Waals surface area contributed by atoms with Crippen LogP contribution in [0.25, 0.3) is 0 Å². The van der Waals surface area contributed by atoms with Crippen molar-refractivity contribution >= 4 is 12.6 Å². The Morgan fingerprint density at radius 2 is 2.08 bits per heavy atom. The third-order valence-corrected chi connectivity index (χ3v) is 1.75. The van der Waals surface area contributed by atoms with Crippen molar-refractivity contribution < 1.29 is 5.11 Å². The fraction of sp³-hybridized carbons (Fsp3) is 0.200. The highest BCUT2D eigenvalue weighted by Gasteiger charge is 1.90. The predicted molar refractivity (Wildman–Crippen MR) is 52.3 cm³/mol. The Morgan fingerprint density at radius 1 is 1.33 bits per heavy atom. The lowest BCUT2D eigenvalue weighted by atomic mass is 10.2. The lowest BCUT2D eigenvalue weighted by Gasteiger charge is -1.93. The van der Waals surface area contributed by atoms with Gasteiger partial charge in [-0.05, 0) is 12.1 Å². The third-order valence-electron chi connectivity index (χ3n) is 1.36. The van der Waals surface area contributed by atoms with Crippen LogP contribution in [-0.4, -0.2) is 11.7 Å². The van der Waals surface area contributed by atoms with Crippen molar-refractivity contribution in [2.24, 2.45) is 0 Å². The molecule has 2 heteroatoms. The van der Waals surface area contributed by atoms with E-state index < -0.39 is 0 Å². The van der Waals surface area contributed by atoms with E-state index in [0.29, 0.717) is 6.42 Å². The lowest BCUT2D eigenvalue weighted by molar-refractivity contribution is 0.305. The van der Waals surface area contributed by atoms with Crippen molar-refractivity contribution in [1.82, 2.24) is 0 Å². The van der Waals surface area contributed by atoms with Gasteiger partial charge in [-0.15, -0.1) is 12.6 Å². The standard InChI is InChI=1S/C10H10OS/c11-8-4-3-6-9-5-1-2-7-10(9)12/h1-2,5,7,11-12H,4,8H2. The van der Waals surface area contributed by atoms with Crippen LogP contribution in [0.15, 0.2) is 29.2 Å². The monoisotopic (exact) mass is 178 g/mol. The van der Waals surface area contributed by atoms with E-state index in [1.807, 2.05) is 24.3 Å². The van der Waals surface area contributed by atoms with Gasteiger partial charge in [-0.3, -0.25) is 0 Å². The van der Waals surface area contributed by atoms with E-state index in [2.05, 4.69) is 24.5 Å². The number of hydrogen-bond donors (Lipinski definition) is 2. The molecule has 1 aromatic carbocycles. The topological polar surface area (TPSA) is 20.2 Å². The molecule has 1 nitrogen and oxygen atoms in total. The van der Waals surface area contributed by atoms with Crippen LogP contribution < -0.4 is 0 Å². The number of rotatable bonds is 1. The Kier molecular flexibility index (Phi) is 3.72. The van der Waals surface area contributed by atoms with E-state index in [9.17, 15) is 0 Å². The first-order valence-corrected chi connectivity index (χ1v) is 4.17. The van der Waals surface area contributed by atoms with E-state index in [1.165, 1.54) is 0 Å². The number of hydrogen-bond acceptors (Lipinski definition) is 2. The molecule has 0 saturated heterocycles. The van der Waals surface area contributed by atoms with Crippen LogP contribution in [0.2, 0.25) is 0 Å². The van der Waals surface area contributed by atoms with Crippen LogP contribution >= 0.6 is 12.6 Å². The van der Waals surface area contributed by atoms with E-state index in [1.54, 1.807) is 0 Å². The molecule has 0 aliphatic carbocycles. The molecule has 0 bridgehead atoms. The zero-order valence-electron chi connectivity index (χ0n) is 6.62. The predicted octanol–water partition coefficient (Wildman–Crippen LogP) is 1.71. The maximum atomic E-state index is 8.49. The normalized spacial score (nSPS) is 8.83. The summed E-state index contributed by atoms with van der Waals surface area (Å²) >= 11 is 4.24. The molecule has 0 aromatic heterocycles. The summed E-state index contributed by atoms with van der Waals surface area (Å²) in [6.45, 7) is 0.113. The highest BCUT2D eigenvalue weighted by Crippen LogP contribution is 2.10. The van der Waals surface area contributed by atoms with Crippen LogP contribution in [0.5, 0.6) is 0 Å². The molecule has 0 amide bonds. The van der Waals surface area contributed by atoms with Gasteiger partial charge in [0.1, 0.15) is 0 Å². The first kappa shape index (κ1) is 9.18. The molecule has 0 heterocycles. The molecule has 1 aromatic rings. The van der Waals surface area contributed by atoms with E-state index in [0.717, 1.165) is 10.5 Å². The van der Waals surface area contributed by atoms with Crippen molar-refractivity contribution in [3.05, 3.63) is 29.8 Å². The van der Waals surface area contributed by atoms with Crippen LogP contribution in [0.4, 0.5) is 0 Å². The second-order valence-electron chi connectivity index (χ2n) is 2.29. The smallest absolute Gasteiger partial charge is 0.0540 e. The van der Waals surface area contributed by atoms with Crippen molar-refractivity contribution in [3.63, 3.8) is 0 Å². The van der Waals surface area contributed by atoms with Crippen molar-refractivity contribution in [1.29, 1.82) is 0 Å². The van der Waals surface area contributed by atoms with Crippen molar-refractivity contribution in [2.75, 3.05) is 6.61 Å². The third kappa shape index (κ3) is 2.61. The summed E-state index contributed by atoms with van der Waals surface area (Å²) in [4.78, 5) is 0.878. The summed E-state index contributed by atoms with van der Waals surface area (Å²) in [5.74, 6) is 5.77. The minimum atomic E-state index is 0.113. The van der Waals surface area contributed by atoms with Gasteiger partial charge in [0.25, 0.3) is 0 Å². The Labute approximate surface area is 77.8 Å². The van der Waals surface area contributed by atoms with Gasteiger partial charge in [0.05, 0.1) is 6.61 Å². The van der Waals surface area contributed by atoms with Crippen LogP contribution in [-0.2, 0) is 0 Å². The second-order valence-corrected chi connectivity index (χ2v) is 2.77. The quantitative estimate of drug-likeness (QED) is 0.495. The van der Waals surface area contributed by atoms with Gasteiger partial charge in [0.15, 0.2) is 0 Å². The highest BCUT2D eigenvalue weighted by molar-refractivity contribution is 7.80. The number of benzene rings is 1. The summed E-state index contributed by atoms with van der Waals surface area (Å²) in [7, 11) is 0. The molecule has 0 fully saturated rings. The number of thiol groups is 1. The molecule has 0 aliphatic rings. The van der Waals surface area contributed by atoms with Gasteiger partial charge < -0.3 is 5.11 Å². The highest BCUT2D eigenvalue weighted by atomic mass is 32.1. The van der Waals surface area contributed by atoms with Crippen molar-refractivity contribution in [3.8, 4) is 11.8 Å². The van der Waals surface area contributed by atoms with Crippen LogP contribution in [0.1, 0.15) is 12.0 Å². The average Bonchev–Trinajstić information content (AvgIpc) is 2.09. The van der Waals surface area contributed by atoms with Crippen molar-refractivity contribution in [2.45, 2.75) is 11.3 Å². The molecule has 12 heavy (non-hydrogen) atoms. The fourth-order valence-corrected chi connectivity index (χ4v) is 1.01. The lowest BCUT2D eigenvalue weighted by Crippen LogP contribution is -1.79. The first-order valence-electron chi connectivity index (χ1n) is 3.72. The van der Waals surface area contributed by atoms with Crippen LogP contribution in [0.3, 0.4) is 0 Å². The molecule has 0 aliphatic heterocycles. The molecular formula is C10H10OS. The maximum absolute atomic E-state index is 8.49. The maximum Gasteiger partial charge on any atom is 0.0540 e. The molecule has 62 valence electrons. The Morgan fingerprint density at radius 3 is 2.75 bits per heavy atom. The minimum absolute atomic E-state index is 0.113. The molecule has 0 saturated carbocycles. The Hall–Kier alpha value is -0.910. The molecule has 1 N–H and O–H groups in total. The first-order chi connectivity index (χ1) is 5.84. The summed E-state index contributed by atoms with van der Waals surface area (Å²) in [6, 6.07) is 7.64. The molecular weight excluding hydrogens is 168 g/mol. The van der Waals surface area contributed by atoms with E-state index >= 15 is 0 Å². The SMILES string of the molecule is OCCC#Cc1ccccc1S. The zero-order valence-corrected chi connectivity index (χ0v) is 7.51. The molecule has 0 spiro atoms. The molecule has 0 unspecified atom stereocenters. The number of aliphatic hydroxyl groups is 1. The summed E-state index contributed by atoms with van der Waals surface area (Å²) in [5.41, 5.74) is 0.911. The van der Waals surface area contributed by atoms with E-state index in [4.69, 9.17) is 5.11 Å². The second kappa shape index (κ2) is 4.87. The largest absolute Gasteiger partial charge is 0.395 e. The molecule has 0 radical (unpaired) electrons. The summed E-state index contributed by atoms with van der Waals surface area (Å²) < 4.78 is 0. The van der Waals surface area contributed by atoms with E-state index in [-0.39, 0.29) is 6.61 Å². The molecule has 1 rings (SSSR count). The van der Waals surface area contributed by atoms with Crippen LogP contribution in [0, 0.1) is 11.8 Å². The summed E-state index contributed by atoms with van der Waals surface area (Å²) in [5, 5.41) is 8.49. The van der Waals surface area contributed by atoms with Gasteiger partial charge in [-0.1, -0.05) is 24.0 Å². The minimum Gasteiger partial charge on any atom is -0.395 e. The Bertz CT molecular complexity index is 309. The summed E-state index contributed by atoms with van der Waals surface area (Å²) in [6.07, 6.45) is 0.516. The van der Waals surface area contributed by atoms with Gasteiger partial charge >= 0.3 is 0 Å². The molecule has 0 atom stereocenters.